The van der Waals surface area contributed by atoms with Crippen molar-refractivity contribution in [2.24, 2.45) is 0 Å². The Morgan fingerprint density at radius 1 is 1.12 bits per heavy atom. The van der Waals surface area contributed by atoms with Gasteiger partial charge in [-0.15, -0.1) is 0 Å². The summed E-state index contributed by atoms with van der Waals surface area (Å²) < 4.78 is 0. The molecule has 0 saturated heterocycles. The fourth-order valence-electron chi connectivity index (χ4n) is 2.63. The number of nitrogens with one attached hydrogen (secondary N) is 1. The molecule has 0 spiro atoms. The quantitative estimate of drug-likeness (QED) is 0.765. The van der Waals surface area contributed by atoms with Gasteiger partial charge < -0.3 is 5.32 Å². The lowest BCUT2D eigenvalue weighted by atomic mass is 9.90. The highest BCUT2D eigenvalue weighted by Crippen LogP contribution is 2.22. The largest absolute Gasteiger partial charge is 0.315 e. The first kappa shape index (κ1) is 12.6. The van der Waals surface area contributed by atoms with Crippen molar-refractivity contribution in [3.63, 3.8) is 0 Å². The van der Waals surface area contributed by atoms with Gasteiger partial charge in [-0.25, -0.2) is 0 Å². The highest BCUT2D eigenvalue weighted by atomic mass is 14.9. The maximum Gasteiger partial charge on any atom is 0.00103 e. The summed E-state index contributed by atoms with van der Waals surface area (Å²) in [5.41, 5.74) is 4.74. The lowest BCUT2D eigenvalue weighted by molar-refractivity contribution is 0.570. The molecule has 0 bridgehead atoms. The summed E-state index contributed by atoms with van der Waals surface area (Å²) in [5.74, 6) is 0. The fraction of sp³-hybridized carbons (Fsp3) is 0.625. The van der Waals surface area contributed by atoms with Crippen molar-refractivity contribution in [2.45, 2.75) is 58.4 Å². The lowest BCUT2D eigenvalue weighted by Gasteiger charge is -2.16. The molecule has 17 heavy (non-hydrogen) atoms. The van der Waals surface area contributed by atoms with E-state index in [2.05, 4.69) is 37.4 Å². The van der Waals surface area contributed by atoms with Crippen LogP contribution in [0.4, 0.5) is 0 Å². The minimum absolute atomic E-state index is 0.610. The second-order valence-electron chi connectivity index (χ2n) is 5.52. The molecule has 0 amide bonds. The van der Waals surface area contributed by atoms with Gasteiger partial charge in [0.05, 0.1) is 0 Å². The van der Waals surface area contributed by atoms with Crippen molar-refractivity contribution in [3.8, 4) is 0 Å². The second kappa shape index (κ2) is 6.20. The van der Waals surface area contributed by atoms with Gasteiger partial charge in [0.15, 0.2) is 0 Å². The Kier molecular flexibility index (Phi) is 4.61. The monoisotopic (exact) mass is 231 g/mol. The van der Waals surface area contributed by atoms with Gasteiger partial charge in [-0.05, 0) is 61.8 Å². The molecule has 2 rings (SSSR count). The van der Waals surface area contributed by atoms with Gasteiger partial charge in [0.2, 0.25) is 0 Å². The highest BCUT2D eigenvalue weighted by molar-refractivity contribution is 5.33. The molecule has 1 aromatic rings. The van der Waals surface area contributed by atoms with Crippen LogP contribution in [0.5, 0.6) is 0 Å². The summed E-state index contributed by atoms with van der Waals surface area (Å²) in [6.45, 7) is 5.55. The molecule has 1 heteroatoms. The van der Waals surface area contributed by atoms with E-state index in [0.717, 1.165) is 6.54 Å². The van der Waals surface area contributed by atoms with Crippen LogP contribution in [0.1, 0.15) is 49.8 Å². The van der Waals surface area contributed by atoms with Crippen LogP contribution in [0.25, 0.3) is 0 Å². The normalized spacial score (nSPS) is 15.0. The Morgan fingerprint density at radius 2 is 1.88 bits per heavy atom. The molecule has 0 atom stereocenters. The average Bonchev–Trinajstić information content (AvgIpc) is 2.34. The molecule has 1 N–H and O–H groups in total. The Balaban J connectivity index is 1.85. The van der Waals surface area contributed by atoms with E-state index in [9.17, 15) is 0 Å². The van der Waals surface area contributed by atoms with Crippen molar-refractivity contribution in [1.29, 1.82) is 0 Å². The number of benzene rings is 1. The van der Waals surface area contributed by atoms with Crippen molar-refractivity contribution >= 4 is 0 Å². The van der Waals surface area contributed by atoms with Crippen LogP contribution >= 0.6 is 0 Å². The van der Waals surface area contributed by atoms with Crippen LogP contribution in [0.15, 0.2) is 18.2 Å². The zero-order chi connectivity index (χ0) is 12.1. The van der Waals surface area contributed by atoms with Crippen LogP contribution in [0.2, 0.25) is 0 Å². The first-order valence-corrected chi connectivity index (χ1v) is 7.10. The standard InChI is InChI=1S/C16H25N/c1-13(2)17-11-5-6-14-9-10-15-7-3-4-8-16(15)12-14/h9-10,12-13,17H,3-8,11H2,1-2H3. The third-order valence-corrected chi connectivity index (χ3v) is 3.61. The molecule has 0 unspecified atom stereocenters. The molecular weight excluding hydrogens is 206 g/mol. The minimum Gasteiger partial charge on any atom is -0.315 e. The summed E-state index contributed by atoms with van der Waals surface area (Å²) in [6, 6.07) is 7.75. The van der Waals surface area contributed by atoms with Gasteiger partial charge in [0.1, 0.15) is 0 Å². The van der Waals surface area contributed by atoms with E-state index in [-0.39, 0.29) is 0 Å². The second-order valence-corrected chi connectivity index (χ2v) is 5.52. The zero-order valence-corrected chi connectivity index (χ0v) is 11.3. The molecular formula is C16H25N. The van der Waals surface area contributed by atoms with Crippen molar-refractivity contribution < 1.29 is 0 Å². The number of aryl methyl sites for hydroxylation is 3. The molecule has 0 heterocycles. The van der Waals surface area contributed by atoms with E-state index < -0.39 is 0 Å². The first-order chi connectivity index (χ1) is 8.25. The smallest absolute Gasteiger partial charge is 0.00103 e. The van der Waals surface area contributed by atoms with E-state index in [0.29, 0.717) is 6.04 Å². The summed E-state index contributed by atoms with van der Waals surface area (Å²) in [6.07, 6.45) is 7.82. The number of hydrogen-bond acceptors (Lipinski definition) is 1. The number of rotatable bonds is 5. The SMILES string of the molecule is CC(C)NCCCc1ccc2c(c1)CCCC2. The average molecular weight is 231 g/mol. The van der Waals surface area contributed by atoms with Crippen LogP contribution in [0.3, 0.4) is 0 Å². The maximum atomic E-state index is 3.48. The van der Waals surface area contributed by atoms with Gasteiger partial charge in [-0.2, -0.15) is 0 Å². The van der Waals surface area contributed by atoms with Crippen molar-refractivity contribution in [2.75, 3.05) is 6.54 Å². The molecule has 1 nitrogen and oxygen atoms in total. The van der Waals surface area contributed by atoms with Gasteiger partial charge in [0, 0.05) is 6.04 Å². The van der Waals surface area contributed by atoms with Gasteiger partial charge in [-0.3, -0.25) is 0 Å². The fourth-order valence-corrected chi connectivity index (χ4v) is 2.63. The van der Waals surface area contributed by atoms with E-state index in [4.69, 9.17) is 0 Å². The molecule has 1 aliphatic carbocycles. The Hall–Kier alpha value is -0.820. The predicted octanol–water partition coefficient (Wildman–Crippen LogP) is 3.50. The van der Waals surface area contributed by atoms with Crippen LogP contribution < -0.4 is 5.32 Å². The number of fused-ring (bicyclic) bond motifs is 1. The summed E-state index contributed by atoms with van der Waals surface area (Å²) in [4.78, 5) is 0. The summed E-state index contributed by atoms with van der Waals surface area (Å²) in [5, 5.41) is 3.48. The van der Waals surface area contributed by atoms with Gasteiger partial charge >= 0.3 is 0 Å². The Bertz CT molecular complexity index is 355. The lowest BCUT2D eigenvalue weighted by Crippen LogP contribution is -2.23. The maximum absolute atomic E-state index is 3.48. The van der Waals surface area contributed by atoms with Crippen molar-refractivity contribution in [3.05, 3.63) is 34.9 Å². The van der Waals surface area contributed by atoms with E-state index in [1.54, 1.807) is 11.1 Å². The number of hydrogen-bond donors (Lipinski definition) is 1. The van der Waals surface area contributed by atoms with Gasteiger partial charge in [-0.1, -0.05) is 32.0 Å². The Morgan fingerprint density at radius 3 is 2.65 bits per heavy atom. The summed E-state index contributed by atoms with van der Waals surface area (Å²) in [7, 11) is 0. The molecule has 94 valence electrons. The van der Waals surface area contributed by atoms with Crippen LogP contribution in [-0.4, -0.2) is 12.6 Å². The van der Waals surface area contributed by atoms with E-state index in [1.165, 1.54) is 44.1 Å². The zero-order valence-electron chi connectivity index (χ0n) is 11.3. The molecule has 0 fully saturated rings. The third-order valence-electron chi connectivity index (χ3n) is 3.61. The van der Waals surface area contributed by atoms with Crippen molar-refractivity contribution in [1.82, 2.24) is 5.32 Å². The third kappa shape index (κ3) is 3.85. The molecule has 0 aromatic heterocycles. The highest BCUT2D eigenvalue weighted by Gasteiger charge is 2.09. The predicted molar refractivity (Wildman–Crippen MR) is 74.5 cm³/mol. The van der Waals surface area contributed by atoms with Crippen LogP contribution in [-0.2, 0) is 19.3 Å². The molecule has 0 saturated carbocycles. The van der Waals surface area contributed by atoms with Crippen LogP contribution in [0, 0.1) is 0 Å². The van der Waals surface area contributed by atoms with E-state index in [1.807, 2.05) is 0 Å². The first-order valence-electron chi connectivity index (χ1n) is 7.10. The van der Waals surface area contributed by atoms with E-state index >= 15 is 0 Å². The molecule has 1 aliphatic rings. The topological polar surface area (TPSA) is 12.0 Å². The van der Waals surface area contributed by atoms with Gasteiger partial charge in [0.25, 0.3) is 0 Å². The molecule has 1 aromatic carbocycles. The summed E-state index contributed by atoms with van der Waals surface area (Å²) >= 11 is 0. The molecule has 0 aliphatic heterocycles. The minimum atomic E-state index is 0.610. The Labute approximate surface area is 106 Å². The molecule has 0 radical (unpaired) electrons.